The number of anilines is 3. The van der Waals surface area contributed by atoms with E-state index >= 15 is 4.39 Å². The van der Waals surface area contributed by atoms with Gasteiger partial charge in [-0.2, -0.15) is 0 Å². The summed E-state index contributed by atoms with van der Waals surface area (Å²) >= 11 is 0. The summed E-state index contributed by atoms with van der Waals surface area (Å²) in [5.41, 5.74) is 7.20. The number of likely N-dealkylation sites (tertiary alicyclic amines) is 1. The predicted octanol–water partition coefficient (Wildman–Crippen LogP) is 1.44. The minimum absolute atomic E-state index is 0.0230. The molecule has 0 aliphatic carbocycles. The van der Waals surface area contributed by atoms with Gasteiger partial charge in [0.05, 0.1) is 21.7 Å². The van der Waals surface area contributed by atoms with Crippen molar-refractivity contribution in [1.29, 1.82) is 0 Å². The molecule has 7 rings (SSSR count). The fourth-order valence-corrected chi connectivity index (χ4v) is 7.56. The summed E-state index contributed by atoms with van der Waals surface area (Å²) in [6, 6.07) is 6.62. The van der Waals surface area contributed by atoms with E-state index in [9.17, 15) is 29.3 Å². The molecule has 0 bridgehead atoms. The largest absolute Gasteiger partial charge is 0.393 e. The molecule has 47 heavy (non-hydrogen) atoms. The summed E-state index contributed by atoms with van der Waals surface area (Å²) in [7, 11) is 0. The van der Waals surface area contributed by atoms with E-state index in [1.807, 2.05) is 4.90 Å². The van der Waals surface area contributed by atoms with Gasteiger partial charge >= 0.3 is 0 Å². The Morgan fingerprint density at radius 1 is 0.894 bits per heavy atom. The van der Waals surface area contributed by atoms with Crippen LogP contribution < -0.4 is 20.9 Å². The Morgan fingerprint density at radius 2 is 1.57 bits per heavy atom. The molecular formula is C32H37FN8O6. The van der Waals surface area contributed by atoms with Crippen molar-refractivity contribution in [3.05, 3.63) is 57.4 Å². The quantitative estimate of drug-likeness (QED) is 0.193. The lowest BCUT2D eigenvalue weighted by atomic mass is 9.93. The van der Waals surface area contributed by atoms with Gasteiger partial charge in [-0.05, 0) is 62.5 Å². The van der Waals surface area contributed by atoms with E-state index in [1.54, 1.807) is 12.1 Å². The Kier molecular flexibility index (Phi) is 8.04. The Morgan fingerprint density at radius 3 is 2.21 bits per heavy atom. The van der Waals surface area contributed by atoms with Crippen LogP contribution >= 0.6 is 0 Å². The van der Waals surface area contributed by atoms with Crippen molar-refractivity contribution in [3.8, 4) is 0 Å². The number of nitrogen functional groups attached to an aromatic ring is 1. The Bertz CT molecular complexity index is 1650. The maximum absolute atomic E-state index is 15.2. The molecule has 5 aliphatic rings. The highest BCUT2D eigenvalue weighted by molar-refractivity contribution is 6.23. The zero-order valence-electron chi connectivity index (χ0n) is 25.9. The van der Waals surface area contributed by atoms with Crippen LogP contribution in [0.15, 0.2) is 30.3 Å². The van der Waals surface area contributed by atoms with Gasteiger partial charge in [-0.25, -0.2) is 4.39 Å². The number of fused-ring (bicyclic) bond motifs is 1. The average Bonchev–Trinajstić information content (AvgIpc) is 3.25. The van der Waals surface area contributed by atoms with Crippen molar-refractivity contribution in [2.45, 2.75) is 37.8 Å². The predicted molar refractivity (Wildman–Crippen MR) is 170 cm³/mol. The number of amides is 4. The first-order valence-corrected chi connectivity index (χ1v) is 16.1. The van der Waals surface area contributed by atoms with E-state index in [0.717, 1.165) is 75.3 Å². The van der Waals surface area contributed by atoms with Gasteiger partial charge in [0.15, 0.2) is 0 Å². The number of nitrogens with zero attached hydrogens (tertiary/aromatic N) is 6. The zero-order valence-corrected chi connectivity index (χ0v) is 25.9. The van der Waals surface area contributed by atoms with Gasteiger partial charge in [-0.1, -0.05) is 0 Å². The van der Waals surface area contributed by atoms with Crippen LogP contribution in [0.2, 0.25) is 0 Å². The molecular weight excluding hydrogens is 611 g/mol. The average molecular weight is 649 g/mol. The summed E-state index contributed by atoms with van der Waals surface area (Å²) < 4.78 is 15.2. The smallest absolute Gasteiger partial charge is 0.292 e. The van der Waals surface area contributed by atoms with Gasteiger partial charge < -0.3 is 15.5 Å². The number of piperidine rings is 2. The van der Waals surface area contributed by atoms with Crippen LogP contribution in [0.4, 0.5) is 27.1 Å². The number of nitrogens with one attached hydrogen (secondary N) is 1. The Labute approximate surface area is 270 Å². The Balaban J connectivity index is 0.881. The number of nitrogens with two attached hydrogens (primary N) is 1. The third-order valence-corrected chi connectivity index (χ3v) is 10.3. The third kappa shape index (κ3) is 5.78. The van der Waals surface area contributed by atoms with Crippen LogP contribution in [0.25, 0.3) is 0 Å². The molecule has 1 atom stereocenters. The van der Waals surface area contributed by atoms with Gasteiger partial charge in [-0.3, -0.25) is 49.3 Å². The molecule has 0 saturated carbocycles. The summed E-state index contributed by atoms with van der Waals surface area (Å²) in [5, 5.41) is 13.2. The summed E-state index contributed by atoms with van der Waals surface area (Å²) in [4.78, 5) is 70.6. The van der Waals surface area contributed by atoms with Gasteiger partial charge in [0.25, 0.3) is 17.5 Å². The van der Waals surface area contributed by atoms with Crippen LogP contribution in [0.5, 0.6) is 0 Å². The molecule has 4 fully saturated rings. The van der Waals surface area contributed by atoms with Gasteiger partial charge in [0.1, 0.15) is 17.5 Å². The number of rotatable bonds is 7. The highest BCUT2D eigenvalue weighted by Crippen LogP contribution is 2.35. The van der Waals surface area contributed by atoms with E-state index in [1.165, 1.54) is 12.1 Å². The van der Waals surface area contributed by atoms with Crippen LogP contribution in [0.1, 0.15) is 46.4 Å². The summed E-state index contributed by atoms with van der Waals surface area (Å²) in [5.74, 6) is -2.49. The minimum atomic E-state index is -1.09. The van der Waals surface area contributed by atoms with Crippen molar-refractivity contribution < 1.29 is 28.5 Å². The number of hydrogen-bond acceptors (Lipinski definition) is 11. The molecule has 5 heterocycles. The zero-order chi connectivity index (χ0) is 33.0. The molecule has 4 amide bonds. The van der Waals surface area contributed by atoms with Gasteiger partial charge in [0.2, 0.25) is 11.8 Å². The SMILES string of the molecule is Nc1cc(N2CCN(CC3CCN(C4CN(c5cc6c(cc5F)C(=O)N(C5CCC(=O)NC5=O)C6=O)C4)CC3)CC2)ccc1[N+](=O)[O-]. The second kappa shape index (κ2) is 12.2. The lowest BCUT2D eigenvalue weighted by Crippen LogP contribution is -2.61. The molecule has 3 N–H and O–H groups in total. The first-order valence-electron chi connectivity index (χ1n) is 16.1. The number of nitro benzene ring substituents is 1. The monoisotopic (exact) mass is 648 g/mol. The second-order valence-corrected chi connectivity index (χ2v) is 13.1. The number of piperazine rings is 1. The molecule has 0 radical (unpaired) electrons. The van der Waals surface area contributed by atoms with E-state index < -0.39 is 40.4 Å². The van der Waals surface area contributed by atoms with Crippen LogP contribution in [-0.2, 0) is 9.59 Å². The molecule has 0 spiro atoms. The summed E-state index contributed by atoms with van der Waals surface area (Å²) in [6.45, 7) is 7.70. The number of benzene rings is 2. The van der Waals surface area contributed by atoms with Crippen molar-refractivity contribution in [3.63, 3.8) is 0 Å². The number of halogens is 1. The standard InChI is InChI=1S/C32H37FN8O6/c33-24-14-22-23(32(45)40(31(22)44)27-3-4-29(42)35-30(27)43)15-28(24)39-17-21(18-39)37-7-5-19(6-8-37)16-36-9-11-38(12-10-36)20-1-2-26(41(46)47)25(34)13-20/h1-2,13-15,19,21,27H,3-12,16-18,34H2,(H,35,42,43). The molecule has 2 aromatic rings. The van der Waals surface area contributed by atoms with Crippen molar-refractivity contribution >= 4 is 46.4 Å². The lowest BCUT2D eigenvalue weighted by Gasteiger charge is -2.49. The molecule has 5 aliphatic heterocycles. The highest BCUT2D eigenvalue weighted by Gasteiger charge is 2.46. The lowest BCUT2D eigenvalue weighted by molar-refractivity contribution is -0.383. The normalized spacial score (nSPS) is 23.3. The van der Waals surface area contributed by atoms with Crippen LogP contribution in [0.3, 0.4) is 0 Å². The highest BCUT2D eigenvalue weighted by atomic mass is 19.1. The second-order valence-electron chi connectivity index (χ2n) is 13.1. The first kappa shape index (κ1) is 31.0. The maximum Gasteiger partial charge on any atom is 0.292 e. The van der Waals surface area contributed by atoms with Crippen molar-refractivity contribution in [1.82, 2.24) is 20.0 Å². The number of imide groups is 2. The van der Waals surface area contributed by atoms with E-state index in [-0.39, 0.29) is 47.1 Å². The number of carbonyl (C=O) groups excluding carboxylic acids is 4. The van der Waals surface area contributed by atoms with Crippen molar-refractivity contribution in [2.75, 3.05) is 74.4 Å². The first-order chi connectivity index (χ1) is 22.6. The number of nitro groups is 1. The molecule has 4 saturated heterocycles. The third-order valence-electron chi connectivity index (χ3n) is 10.3. The number of hydrogen-bond donors (Lipinski definition) is 2. The van der Waals surface area contributed by atoms with Gasteiger partial charge in [0, 0.05) is 70.0 Å². The fraction of sp³-hybridized carbons (Fsp3) is 0.500. The molecule has 1 unspecified atom stereocenters. The van der Waals surface area contributed by atoms with E-state index in [2.05, 4.69) is 20.0 Å². The topological polar surface area (TPSA) is 166 Å². The van der Waals surface area contributed by atoms with Crippen LogP contribution in [0, 0.1) is 21.8 Å². The molecule has 0 aromatic heterocycles. The molecule has 2 aromatic carbocycles. The molecule has 248 valence electrons. The van der Waals surface area contributed by atoms with E-state index in [0.29, 0.717) is 19.0 Å². The molecule has 14 nitrogen and oxygen atoms in total. The van der Waals surface area contributed by atoms with Gasteiger partial charge in [-0.15, -0.1) is 0 Å². The van der Waals surface area contributed by atoms with E-state index in [4.69, 9.17) is 5.73 Å². The van der Waals surface area contributed by atoms with Crippen LogP contribution in [-0.4, -0.2) is 114 Å². The maximum atomic E-state index is 15.2. The van der Waals surface area contributed by atoms with Crippen molar-refractivity contribution in [2.24, 2.45) is 5.92 Å². The Hall–Kier alpha value is -4.63. The number of carbonyl (C=O) groups is 4. The summed E-state index contributed by atoms with van der Waals surface area (Å²) in [6.07, 6.45) is 2.23. The minimum Gasteiger partial charge on any atom is -0.393 e. The fourth-order valence-electron chi connectivity index (χ4n) is 7.56. The molecule has 15 heteroatoms.